The maximum absolute atomic E-state index is 12.4. The number of halogens is 2. The van der Waals surface area contributed by atoms with Gasteiger partial charge in [0, 0.05) is 5.56 Å². The number of hydrazone groups is 1. The molecular formula is C25H18I2N2O2. The summed E-state index contributed by atoms with van der Waals surface area (Å²) in [6.07, 6.45) is 1.64. The van der Waals surface area contributed by atoms with Gasteiger partial charge >= 0.3 is 0 Å². The van der Waals surface area contributed by atoms with Crippen molar-refractivity contribution < 1.29 is 9.53 Å². The van der Waals surface area contributed by atoms with Crippen LogP contribution in [0.25, 0.3) is 10.8 Å². The second-order valence-corrected chi connectivity index (χ2v) is 9.17. The van der Waals surface area contributed by atoms with Gasteiger partial charge in [-0.3, -0.25) is 4.79 Å². The Balaban J connectivity index is 1.41. The van der Waals surface area contributed by atoms with E-state index in [1.807, 2.05) is 78.9 Å². The summed E-state index contributed by atoms with van der Waals surface area (Å²) in [5.41, 5.74) is 5.19. The lowest BCUT2D eigenvalue weighted by Crippen LogP contribution is -2.17. The molecule has 6 heteroatoms. The number of nitrogens with one attached hydrogen (secondary N) is 1. The summed E-state index contributed by atoms with van der Waals surface area (Å²) in [5, 5.41) is 6.25. The van der Waals surface area contributed by atoms with Crippen molar-refractivity contribution >= 4 is 68.1 Å². The zero-order valence-corrected chi connectivity index (χ0v) is 20.7. The molecule has 0 saturated heterocycles. The van der Waals surface area contributed by atoms with Gasteiger partial charge in [0.05, 0.1) is 13.4 Å². The molecular weight excluding hydrogens is 614 g/mol. The molecule has 0 aliphatic carbocycles. The average Bonchev–Trinajstić information content (AvgIpc) is 2.79. The molecule has 0 aliphatic rings. The van der Waals surface area contributed by atoms with Crippen molar-refractivity contribution in [2.45, 2.75) is 6.61 Å². The molecule has 0 aliphatic heterocycles. The Labute approximate surface area is 208 Å². The Morgan fingerprint density at radius 3 is 2.29 bits per heavy atom. The van der Waals surface area contributed by atoms with Gasteiger partial charge in [0.15, 0.2) is 0 Å². The van der Waals surface area contributed by atoms with E-state index < -0.39 is 0 Å². The third kappa shape index (κ3) is 5.62. The number of ether oxygens (including phenoxy) is 1. The van der Waals surface area contributed by atoms with E-state index in [1.54, 1.807) is 12.3 Å². The molecule has 0 saturated carbocycles. The Bertz CT molecular complexity index is 1230. The number of benzene rings is 4. The van der Waals surface area contributed by atoms with Crippen LogP contribution in [-0.2, 0) is 6.61 Å². The molecule has 0 spiro atoms. The van der Waals surface area contributed by atoms with E-state index in [0.29, 0.717) is 12.2 Å². The van der Waals surface area contributed by atoms with E-state index in [0.717, 1.165) is 34.8 Å². The summed E-state index contributed by atoms with van der Waals surface area (Å²) >= 11 is 4.52. The molecule has 154 valence electrons. The summed E-state index contributed by atoms with van der Waals surface area (Å²) in [4.78, 5) is 12.4. The van der Waals surface area contributed by atoms with Crippen LogP contribution in [0.2, 0.25) is 0 Å². The van der Waals surface area contributed by atoms with Crippen molar-refractivity contribution in [3.8, 4) is 5.75 Å². The zero-order chi connectivity index (χ0) is 21.6. The highest BCUT2D eigenvalue weighted by Crippen LogP contribution is 2.29. The standard InChI is InChI=1S/C25H18I2N2O2/c26-22-12-18(13-23(27)24(22)31-16-17-6-2-1-3-7-17)15-28-29-25(30)21-11-10-19-8-4-5-9-20(19)14-21/h1-15H,16H2,(H,29,30)/b28-15-. The first-order valence-electron chi connectivity index (χ1n) is 9.58. The van der Waals surface area contributed by atoms with E-state index in [2.05, 4.69) is 55.7 Å². The first kappa shape index (κ1) is 21.8. The molecule has 4 nitrogen and oxygen atoms in total. The van der Waals surface area contributed by atoms with Crippen LogP contribution in [0.15, 0.2) is 90.0 Å². The molecule has 31 heavy (non-hydrogen) atoms. The lowest BCUT2D eigenvalue weighted by Gasteiger charge is -2.11. The molecule has 4 aromatic rings. The van der Waals surface area contributed by atoms with Crippen LogP contribution in [0, 0.1) is 7.14 Å². The summed E-state index contributed by atoms with van der Waals surface area (Å²) in [6.45, 7) is 0.516. The van der Waals surface area contributed by atoms with E-state index in [9.17, 15) is 4.79 Å². The van der Waals surface area contributed by atoms with Gasteiger partial charge in [-0.15, -0.1) is 0 Å². The van der Waals surface area contributed by atoms with Crippen LogP contribution in [0.1, 0.15) is 21.5 Å². The van der Waals surface area contributed by atoms with Crippen LogP contribution < -0.4 is 10.2 Å². The number of nitrogens with zero attached hydrogens (tertiary/aromatic N) is 1. The second kappa shape index (κ2) is 10.2. The van der Waals surface area contributed by atoms with E-state index in [4.69, 9.17) is 4.74 Å². The van der Waals surface area contributed by atoms with E-state index >= 15 is 0 Å². The number of hydrogen-bond acceptors (Lipinski definition) is 3. The van der Waals surface area contributed by atoms with Crippen LogP contribution in [0.3, 0.4) is 0 Å². The maximum Gasteiger partial charge on any atom is 0.271 e. The number of hydrogen-bond donors (Lipinski definition) is 1. The molecule has 0 heterocycles. The third-order valence-corrected chi connectivity index (χ3v) is 6.24. The molecule has 0 fully saturated rings. The van der Waals surface area contributed by atoms with Crippen molar-refractivity contribution in [1.82, 2.24) is 5.43 Å². The molecule has 0 aromatic heterocycles. The highest BCUT2D eigenvalue weighted by Gasteiger charge is 2.09. The molecule has 0 bridgehead atoms. The predicted octanol–water partition coefficient (Wildman–Crippen LogP) is 6.39. The van der Waals surface area contributed by atoms with Crippen molar-refractivity contribution in [2.24, 2.45) is 5.10 Å². The van der Waals surface area contributed by atoms with Gasteiger partial charge in [0.1, 0.15) is 12.4 Å². The fraction of sp³-hybridized carbons (Fsp3) is 0.0400. The van der Waals surface area contributed by atoms with Gasteiger partial charge in [-0.25, -0.2) is 5.43 Å². The summed E-state index contributed by atoms with van der Waals surface area (Å²) in [6, 6.07) is 27.6. The number of carbonyl (C=O) groups excluding carboxylic acids is 1. The van der Waals surface area contributed by atoms with Crippen molar-refractivity contribution in [1.29, 1.82) is 0 Å². The van der Waals surface area contributed by atoms with Gasteiger partial charge < -0.3 is 4.74 Å². The number of amides is 1. The topological polar surface area (TPSA) is 50.7 Å². The molecule has 4 aromatic carbocycles. The van der Waals surface area contributed by atoms with E-state index in [1.165, 1.54) is 0 Å². The number of fused-ring (bicyclic) bond motifs is 1. The Kier molecular flexibility index (Phi) is 7.18. The number of carbonyl (C=O) groups is 1. The smallest absolute Gasteiger partial charge is 0.271 e. The SMILES string of the molecule is O=C(N/N=C\c1cc(I)c(OCc2ccccc2)c(I)c1)c1ccc2ccccc2c1. The first-order valence-corrected chi connectivity index (χ1v) is 11.7. The normalized spacial score (nSPS) is 11.0. The molecule has 0 atom stereocenters. The van der Waals surface area contributed by atoms with E-state index in [-0.39, 0.29) is 5.91 Å². The average molecular weight is 632 g/mol. The summed E-state index contributed by atoms with van der Waals surface area (Å²) < 4.78 is 7.99. The second-order valence-electron chi connectivity index (χ2n) is 6.85. The maximum atomic E-state index is 12.4. The fourth-order valence-electron chi connectivity index (χ4n) is 3.08. The number of rotatable bonds is 6. The lowest BCUT2D eigenvalue weighted by atomic mass is 10.1. The molecule has 4 rings (SSSR count). The minimum absolute atomic E-state index is 0.241. The lowest BCUT2D eigenvalue weighted by molar-refractivity contribution is 0.0955. The van der Waals surface area contributed by atoms with Crippen LogP contribution >= 0.6 is 45.2 Å². The first-order chi connectivity index (χ1) is 15.1. The largest absolute Gasteiger partial charge is 0.487 e. The highest BCUT2D eigenvalue weighted by atomic mass is 127. The summed E-state index contributed by atoms with van der Waals surface area (Å²) in [5.74, 6) is 0.608. The summed E-state index contributed by atoms with van der Waals surface area (Å²) in [7, 11) is 0. The van der Waals surface area contributed by atoms with Crippen LogP contribution in [0.5, 0.6) is 5.75 Å². The van der Waals surface area contributed by atoms with Crippen molar-refractivity contribution in [3.05, 3.63) is 109 Å². The Morgan fingerprint density at radius 1 is 0.871 bits per heavy atom. The fourth-order valence-corrected chi connectivity index (χ4v) is 5.21. The zero-order valence-electron chi connectivity index (χ0n) is 16.4. The van der Waals surface area contributed by atoms with Gasteiger partial charge in [-0.2, -0.15) is 5.10 Å². The molecule has 1 N–H and O–H groups in total. The van der Waals surface area contributed by atoms with Gasteiger partial charge in [-0.05, 0) is 91.3 Å². The van der Waals surface area contributed by atoms with Crippen molar-refractivity contribution in [3.63, 3.8) is 0 Å². The Morgan fingerprint density at radius 2 is 1.55 bits per heavy atom. The minimum atomic E-state index is -0.241. The quantitative estimate of drug-likeness (QED) is 0.152. The Hall–Kier alpha value is -2.46. The minimum Gasteiger partial charge on any atom is -0.487 e. The van der Waals surface area contributed by atoms with Gasteiger partial charge in [0.2, 0.25) is 0 Å². The predicted molar refractivity (Wildman–Crippen MR) is 142 cm³/mol. The van der Waals surface area contributed by atoms with Gasteiger partial charge in [0.25, 0.3) is 5.91 Å². The van der Waals surface area contributed by atoms with Crippen LogP contribution in [0.4, 0.5) is 0 Å². The van der Waals surface area contributed by atoms with Crippen molar-refractivity contribution in [2.75, 3.05) is 0 Å². The van der Waals surface area contributed by atoms with Gasteiger partial charge in [-0.1, -0.05) is 60.7 Å². The monoisotopic (exact) mass is 632 g/mol. The van der Waals surface area contributed by atoms with Crippen LogP contribution in [-0.4, -0.2) is 12.1 Å². The highest BCUT2D eigenvalue weighted by molar-refractivity contribution is 14.1. The third-order valence-electron chi connectivity index (χ3n) is 4.64. The molecule has 0 unspecified atom stereocenters. The molecule has 0 radical (unpaired) electrons. The molecule has 1 amide bonds.